The molecule has 0 fully saturated rings. The first-order valence-corrected chi connectivity index (χ1v) is 10.5. The second-order valence-corrected chi connectivity index (χ2v) is 7.89. The van der Waals surface area contributed by atoms with Gasteiger partial charge in [-0.05, 0) is 49.2 Å². The summed E-state index contributed by atoms with van der Waals surface area (Å²) in [6.45, 7) is 2.16. The number of aliphatic carboxylic acids is 2. The molecule has 2 aromatic rings. The van der Waals surface area contributed by atoms with E-state index in [1.807, 2.05) is 6.07 Å². The van der Waals surface area contributed by atoms with E-state index in [9.17, 15) is 9.59 Å². The molecule has 1 aliphatic rings. The van der Waals surface area contributed by atoms with Crippen LogP contribution in [0.2, 0.25) is 0 Å². The molecule has 1 aliphatic heterocycles. The average molecular weight is 446 g/mol. The number of hydrogen-bond donors (Lipinski definition) is 2. The number of likely N-dealkylation sites (N-methyl/N-ethyl adjacent to an activating group) is 1. The van der Waals surface area contributed by atoms with E-state index in [0.29, 0.717) is 12.2 Å². The minimum Gasteiger partial charge on any atom is -0.493 e. The average Bonchev–Trinajstić information content (AvgIpc) is 2.94. The predicted molar refractivity (Wildman–Crippen MR) is 119 cm³/mol. The maximum atomic E-state index is 9.55. The van der Waals surface area contributed by atoms with E-state index in [1.165, 1.54) is 20.9 Å². The van der Waals surface area contributed by atoms with Crippen LogP contribution >= 0.6 is 11.8 Å². The third-order valence-corrected chi connectivity index (χ3v) is 5.80. The summed E-state index contributed by atoms with van der Waals surface area (Å²) in [4.78, 5) is 23.9. The van der Waals surface area contributed by atoms with E-state index in [4.69, 9.17) is 19.7 Å². The van der Waals surface area contributed by atoms with E-state index < -0.39 is 11.9 Å². The lowest BCUT2D eigenvalue weighted by Gasteiger charge is -2.19. The number of carboxylic acid groups (broad SMARTS) is 2. The molecule has 0 spiro atoms. The van der Waals surface area contributed by atoms with Crippen molar-refractivity contribution in [1.82, 2.24) is 4.90 Å². The van der Waals surface area contributed by atoms with Gasteiger partial charge in [0.25, 0.3) is 0 Å². The van der Waals surface area contributed by atoms with Crippen LogP contribution in [0.15, 0.2) is 58.3 Å². The largest absolute Gasteiger partial charge is 0.493 e. The van der Waals surface area contributed by atoms with Crippen molar-refractivity contribution in [1.29, 1.82) is 0 Å². The van der Waals surface area contributed by atoms with Crippen molar-refractivity contribution in [3.63, 3.8) is 0 Å². The molecule has 31 heavy (non-hydrogen) atoms. The second kappa shape index (κ2) is 12.0. The number of nitrogens with zero attached hydrogens (tertiary/aromatic N) is 1. The van der Waals surface area contributed by atoms with Gasteiger partial charge in [-0.25, -0.2) is 9.59 Å². The quantitative estimate of drug-likeness (QED) is 0.651. The highest BCUT2D eigenvalue weighted by atomic mass is 32.2. The zero-order valence-electron chi connectivity index (χ0n) is 17.8. The maximum Gasteiger partial charge on any atom is 0.328 e. The van der Waals surface area contributed by atoms with Crippen LogP contribution in [0.1, 0.15) is 11.1 Å². The van der Waals surface area contributed by atoms with Gasteiger partial charge in [0.2, 0.25) is 0 Å². The number of carbonyl (C=O) groups is 2. The fourth-order valence-electron chi connectivity index (χ4n) is 3.13. The molecule has 0 saturated heterocycles. The number of methoxy groups -OCH3 is 2. The zero-order valence-corrected chi connectivity index (χ0v) is 18.6. The van der Waals surface area contributed by atoms with Crippen LogP contribution in [0.5, 0.6) is 11.5 Å². The molecule has 2 N–H and O–H groups in total. The highest BCUT2D eigenvalue weighted by Crippen LogP contribution is 2.45. The summed E-state index contributed by atoms with van der Waals surface area (Å²) in [5, 5.41) is 15.6. The Kier molecular flexibility index (Phi) is 9.42. The van der Waals surface area contributed by atoms with E-state index in [2.05, 4.69) is 42.3 Å². The molecule has 7 nitrogen and oxygen atoms in total. The van der Waals surface area contributed by atoms with Crippen molar-refractivity contribution in [2.24, 2.45) is 0 Å². The zero-order chi connectivity index (χ0) is 22.8. The van der Waals surface area contributed by atoms with Gasteiger partial charge in [-0.2, -0.15) is 0 Å². The lowest BCUT2D eigenvalue weighted by atomic mass is 10.0. The summed E-state index contributed by atoms with van der Waals surface area (Å²) >= 11 is 1.77. The van der Waals surface area contributed by atoms with Crippen LogP contribution in [0.4, 0.5) is 0 Å². The van der Waals surface area contributed by atoms with Gasteiger partial charge in [-0.15, -0.1) is 0 Å². The van der Waals surface area contributed by atoms with Gasteiger partial charge in [-0.1, -0.05) is 30.0 Å². The molecule has 3 rings (SSSR count). The minimum atomic E-state index is -1.26. The first-order valence-electron chi connectivity index (χ1n) is 9.67. The molecule has 0 radical (unpaired) electrons. The minimum absolute atomic E-state index is 0.558. The topological polar surface area (TPSA) is 96.3 Å². The molecule has 2 aromatic carbocycles. The van der Waals surface area contributed by atoms with Crippen molar-refractivity contribution in [3.05, 3.63) is 59.7 Å². The van der Waals surface area contributed by atoms with Crippen molar-refractivity contribution in [2.75, 3.05) is 34.4 Å². The molecule has 166 valence electrons. The number of fused-ring (bicyclic) bond motifs is 1. The van der Waals surface area contributed by atoms with Crippen LogP contribution in [-0.4, -0.2) is 61.4 Å². The Morgan fingerprint density at radius 1 is 1.00 bits per heavy atom. The van der Waals surface area contributed by atoms with Gasteiger partial charge in [-0.3, -0.25) is 0 Å². The second-order valence-electron chi connectivity index (χ2n) is 6.81. The van der Waals surface area contributed by atoms with Crippen molar-refractivity contribution < 1.29 is 29.3 Å². The summed E-state index contributed by atoms with van der Waals surface area (Å²) in [5.74, 6) is -0.835. The van der Waals surface area contributed by atoms with Gasteiger partial charge in [0.1, 0.15) is 0 Å². The smallest absolute Gasteiger partial charge is 0.328 e. The van der Waals surface area contributed by atoms with Crippen LogP contribution < -0.4 is 9.47 Å². The summed E-state index contributed by atoms with van der Waals surface area (Å²) in [5.41, 5.74) is 2.78. The van der Waals surface area contributed by atoms with E-state index in [0.717, 1.165) is 37.4 Å². The van der Waals surface area contributed by atoms with Crippen LogP contribution in [0, 0.1) is 0 Å². The van der Waals surface area contributed by atoms with E-state index in [-0.39, 0.29) is 0 Å². The first-order chi connectivity index (χ1) is 14.8. The van der Waals surface area contributed by atoms with Crippen molar-refractivity contribution in [2.45, 2.75) is 22.6 Å². The number of rotatable bonds is 6. The Hall–Kier alpha value is -2.97. The van der Waals surface area contributed by atoms with Crippen LogP contribution in [0.25, 0.3) is 0 Å². The molecule has 0 saturated carbocycles. The SMILES string of the molecule is COc1cc2c(c(Sc3ccccc3)c1OC)CCN(C)CC2.O=C(O)/C=C/C(=O)O. The standard InChI is InChI=1S/C19H23NO2S.C4H4O4/c1-20-11-9-14-13-17(21-2)18(22-3)19(16(14)10-12-20)23-15-7-5-4-6-8-15;5-3(6)1-2-4(7)8/h4-8,13H,9-12H2,1-3H3;1-2H,(H,5,6)(H,7,8)/b;2-1+. The Bertz CT molecular complexity index is 913. The molecular weight excluding hydrogens is 418 g/mol. The fraction of sp³-hybridized carbons (Fsp3) is 0.304. The van der Waals surface area contributed by atoms with Gasteiger partial charge >= 0.3 is 11.9 Å². The third-order valence-electron chi connectivity index (χ3n) is 4.66. The summed E-state index contributed by atoms with van der Waals surface area (Å²) in [7, 11) is 5.62. The number of ether oxygens (including phenoxy) is 2. The summed E-state index contributed by atoms with van der Waals surface area (Å²) in [6, 6.07) is 12.6. The van der Waals surface area contributed by atoms with Crippen molar-refractivity contribution in [3.8, 4) is 11.5 Å². The van der Waals surface area contributed by atoms with Crippen molar-refractivity contribution >= 4 is 23.7 Å². The van der Waals surface area contributed by atoms with Crippen LogP contribution in [-0.2, 0) is 22.4 Å². The molecule has 1 heterocycles. The number of carboxylic acids is 2. The molecular formula is C23H27NO6S. The van der Waals surface area contributed by atoms with Gasteiger partial charge in [0.05, 0.1) is 19.1 Å². The number of benzene rings is 2. The molecule has 0 atom stereocenters. The fourth-order valence-corrected chi connectivity index (χ4v) is 4.29. The van der Waals surface area contributed by atoms with E-state index in [1.54, 1.807) is 26.0 Å². The summed E-state index contributed by atoms with van der Waals surface area (Å²) < 4.78 is 11.3. The normalized spacial score (nSPS) is 13.5. The Morgan fingerprint density at radius 3 is 2.16 bits per heavy atom. The Labute approximate surface area is 186 Å². The molecule has 8 heteroatoms. The third kappa shape index (κ3) is 7.34. The first kappa shape index (κ1) is 24.3. The molecule has 0 aromatic heterocycles. The molecule has 0 unspecified atom stereocenters. The molecule has 0 bridgehead atoms. The maximum absolute atomic E-state index is 9.55. The highest BCUT2D eigenvalue weighted by molar-refractivity contribution is 7.99. The highest BCUT2D eigenvalue weighted by Gasteiger charge is 2.22. The lowest BCUT2D eigenvalue weighted by Crippen LogP contribution is -2.20. The molecule has 0 aliphatic carbocycles. The summed E-state index contributed by atoms with van der Waals surface area (Å²) in [6.07, 6.45) is 3.21. The predicted octanol–water partition coefficient (Wildman–Crippen LogP) is 3.60. The monoisotopic (exact) mass is 445 g/mol. The number of hydrogen-bond acceptors (Lipinski definition) is 6. The van der Waals surface area contributed by atoms with E-state index >= 15 is 0 Å². The van der Waals surface area contributed by atoms with Gasteiger partial charge in [0.15, 0.2) is 11.5 Å². The molecule has 0 amide bonds. The van der Waals surface area contributed by atoms with Gasteiger partial charge < -0.3 is 24.6 Å². The van der Waals surface area contributed by atoms with Crippen LogP contribution in [0.3, 0.4) is 0 Å². The lowest BCUT2D eigenvalue weighted by molar-refractivity contribution is -0.134. The van der Waals surface area contributed by atoms with Gasteiger partial charge in [0, 0.05) is 30.1 Å². The Morgan fingerprint density at radius 2 is 1.61 bits per heavy atom. The Balaban J connectivity index is 0.000000366.